The summed E-state index contributed by atoms with van der Waals surface area (Å²) < 4.78 is 0. The zero-order valence-corrected chi connectivity index (χ0v) is 14.4. The molecule has 5 nitrogen and oxygen atoms in total. The van der Waals surface area contributed by atoms with Crippen molar-refractivity contribution < 1.29 is 9.59 Å². The van der Waals surface area contributed by atoms with E-state index in [-0.39, 0.29) is 23.4 Å². The number of amides is 2. The number of para-hydroxylation sites is 1. The van der Waals surface area contributed by atoms with Crippen molar-refractivity contribution in [1.29, 1.82) is 0 Å². The van der Waals surface area contributed by atoms with Crippen LogP contribution in [0.4, 0.5) is 5.69 Å². The van der Waals surface area contributed by atoms with Gasteiger partial charge in [-0.1, -0.05) is 37.5 Å². The highest BCUT2D eigenvalue weighted by molar-refractivity contribution is 6.10. The lowest BCUT2D eigenvalue weighted by molar-refractivity contribution is -0.128. The van der Waals surface area contributed by atoms with Crippen molar-refractivity contribution >= 4 is 17.5 Å². The van der Waals surface area contributed by atoms with Crippen molar-refractivity contribution in [3.63, 3.8) is 0 Å². The lowest BCUT2D eigenvalue weighted by atomic mass is 9.60. The summed E-state index contributed by atoms with van der Waals surface area (Å²) in [6, 6.07) is 7.67. The molecule has 2 amide bonds. The molecule has 2 unspecified atom stereocenters. The summed E-state index contributed by atoms with van der Waals surface area (Å²) in [7, 11) is 3.84. The number of nitrogens with two attached hydrogens (primary N) is 1. The normalized spacial score (nSPS) is 31.8. The Morgan fingerprint density at radius 3 is 2.50 bits per heavy atom. The number of fused-ring (bicyclic) bond motifs is 3. The summed E-state index contributed by atoms with van der Waals surface area (Å²) in [5.41, 5.74) is 6.83. The maximum absolute atomic E-state index is 13.5. The van der Waals surface area contributed by atoms with Gasteiger partial charge in [-0.2, -0.15) is 0 Å². The van der Waals surface area contributed by atoms with Crippen LogP contribution >= 0.6 is 0 Å². The Labute approximate surface area is 142 Å². The van der Waals surface area contributed by atoms with Gasteiger partial charge in [0.05, 0.1) is 11.5 Å². The van der Waals surface area contributed by atoms with Crippen molar-refractivity contribution in [1.82, 2.24) is 4.90 Å². The van der Waals surface area contributed by atoms with Crippen molar-refractivity contribution in [2.24, 2.45) is 5.73 Å². The van der Waals surface area contributed by atoms with Crippen LogP contribution in [-0.4, -0.2) is 42.4 Å². The zero-order valence-electron chi connectivity index (χ0n) is 14.4. The van der Waals surface area contributed by atoms with E-state index in [1.54, 1.807) is 4.90 Å². The Bertz CT molecular complexity index is 710. The molecule has 0 aromatic heterocycles. The van der Waals surface area contributed by atoms with E-state index < -0.39 is 5.41 Å². The van der Waals surface area contributed by atoms with E-state index in [1.165, 1.54) is 6.42 Å². The molecule has 1 aliphatic carbocycles. The van der Waals surface area contributed by atoms with Gasteiger partial charge >= 0.3 is 0 Å². The van der Waals surface area contributed by atoms with Gasteiger partial charge in [0, 0.05) is 18.3 Å². The van der Waals surface area contributed by atoms with Crippen LogP contribution in [0.3, 0.4) is 0 Å². The Balaban J connectivity index is 1.97. The topological polar surface area (TPSA) is 66.6 Å². The molecular formula is C19H25N3O2. The van der Waals surface area contributed by atoms with E-state index in [4.69, 9.17) is 5.73 Å². The summed E-state index contributed by atoms with van der Waals surface area (Å²) in [6.45, 7) is 0. The molecule has 1 aromatic rings. The maximum atomic E-state index is 13.5. The van der Waals surface area contributed by atoms with Gasteiger partial charge in [0.25, 0.3) is 0 Å². The number of likely N-dealkylation sites (N-methyl/N-ethyl adjacent to an activating group) is 2. The molecule has 128 valence electrons. The minimum absolute atomic E-state index is 0.126. The van der Waals surface area contributed by atoms with E-state index in [0.717, 1.165) is 36.9 Å². The highest BCUT2D eigenvalue weighted by atomic mass is 16.2. The Hall–Kier alpha value is -1.88. The fourth-order valence-corrected chi connectivity index (χ4v) is 5.71. The van der Waals surface area contributed by atoms with Gasteiger partial charge in [-0.25, -0.2) is 0 Å². The summed E-state index contributed by atoms with van der Waals surface area (Å²) >= 11 is 0. The molecule has 2 atom stereocenters. The van der Waals surface area contributed by atoms with Crippen LogP contribution in [0, 0.1) is 0 Å². The van der Waals surface area contributed by atoms with Gasteiger partial charge in [0.2, 0.25) is 11.8 Å². The minimum Gasteiger partial charge on any atom is -0.368 e. The quantitative estimate of drug-likeness (QED) is 0.855. The lowest BCUT2D eigenvalue weighted by Gasteiger charge is -2.49. The van der Waals surface area contributed by atoms with Crippen molar-refractivity contribution in [2.75, 3.05) is 19.0 Å². The third-order valence-electron chi connectivity index (χ3n) is 6.84. The lowest BCUT2D eigenvalue weighted by Crippen LogP contribution is -2.60. The van der Waals surface area contributed by atoms with Crippen LogP contribution in [-0.2, 0) is 15.0 Å². The molecule has 5 heteroatoms. The molecule has 0 radical (unpaired) electrons. The van der Waals surface area contributed by atoms with Gasteiger partial charge in [-0.05, 0) is 37.9 Å². The van der Waals surface area contributed by atoms with Gasteiger partial charge < -0.3 is 10.6 Å². The highest BCUT2D eigenvalue weighted by Gasteiger charge is 2.69. The number of carbonyl (C=O) groups is 2. The monoisotopic (exact) mass is 327 g/mol. The molecule has 1 saturated carbocycles. The van der Waals surface area contributed by atoms with E-state index in [2.05, 4.69) is 11.0 Å². The largest absolute Gasteiger partial charge is 0.368 e. The second-order valence-electron chi connectivity index (χ2n) is 7.61. The number of hydrogen-bond donors (Lipinski definition) is 1. The summed E-state index contributed by atoms with van der Waals surface area (Å²) in [4.78, 5) is 29.6. The molecule has 2 fully saturated rings. The van der Waals surface area contributed by atoms with Crippen LogP contribution in [0.1, 0.15) is 44.1 Å². The third kappa shape index (κ3) is 1.63. The number of carbonyl (C=O) groups excluding carboxylic acids is 2. The molecule has 4 rings (SSSR count). The van der Waals surface area contributed by atoms with Crippen LogP contribution in [0.25, 0.3) is 0 Å². The Morgan fingerprint density at radius 1 is 1.17 bits per heavy atom. The van der Waals surface area contributed by atoms with E-state index in [1.807, 2.05) is 32.3 Å². The number of nitrogens with zero attached hydrogens (tertiary/aromatic N) is 2. The van der Waals surface area contributed by atoms with E-state index in [0.29, 0.717) is 6.42 Å². The predicted molar refractivity (Wildman–Crippen MR) is 92.7 cm³/mol. The Morgan fingerprint density at radius 2 is 1.83 bits per heavy atom. The zero-order chi connectivity index (χ0) is 17.1. The first kappa shape index (κ1) is 15.6. The summed E-state index contributed by atoms with van der Waals surface area (Å²) in [5, 5.41) is 0. The maximum Gasteiger partial charge on any atom is 0.239 e. The van der Waals surface area contributed by atoms with E-state index >= 15 is 0 Å². The highest BCUT2D eigenvalue weighted by Crippen LogP contribution is 2.61. The fourth-order valence-electron chi connectivity index (χ4n) is 5.71. The second kappa shape index (κ2) is 5.06. The number of anilines is 1. The first-order chi connectivity index (χ1) is 11.5. The van der Waals surface area contributed by atoms with Crippen LogP contribution in [0.2, 0.25) is 0 Å². The number of benzene rings is 1. The van der Waals surface area contributed by atoms with Crippen LogP contribution in [0.5, 0.6) is 0 Å². The minimum atomic E-state index is -0.646. The van der Waals surface area contributed by atoms with E-state index in [9.17, 15) is 9.59 Å². The molecule has 2 N–H and O–H groups in total. The molecule has 3 aliphatic rings. The molecule has 1 aromatic carbocycles. The predicted octanol–water partition coefficient (Wildman–Crippen LogP) is 1.79. The van der Waals surface area contributed by atoms with Crippen LogP contribution in [0.15, 0.2) is 24.3 Å². The average molecular weight is 327 g/mol. The first-order valence-corrected chi connectivity index (χ1v) is 8.86. The number of hydrogen-bond acceptors (Lipinski definition) is 3. The molecule has 1 saturated heterocycles. The molecule has 2 aliphatic heterocycles. The van der Waals surface area contributed by atoms with Crippen molar-refractivity contribution in [2.45, 2.75) is 55.5 Å². The van der Waals surface area contributed by atoms with Gasteiger partial charge in [-0.3, -0.25) is 14.5 Å². The van der Waals surface area contributed by atoms with Crippen molar-refractivity contribution in [3.05, 3.63) is 29.8 Å². The summed E-state index contributed by atoms with van der Waals surface area (Å²) in [6.07, 6.45) is 5.77. The molecule has 0 bridgehead atoms. The number of likely N-dealkylation sites (tertiary alicyclic amines) is 1. The van der Waals surface area contributed by atoms with Gasteiger partial charge in [0.1, 0.15) is 0 Å². The second-order valence-corrected chi connectivity index (χ2v) is 7.61. The SMILES string of the molecule is CN1C(=O)C2(CC(C(N)=O)N(C)C23CCCCC3)c2ccccc21. The molecular weight excluding hydrogens is 302 g/mol. The summed E-state index contributed by atoms with van der Waals surface area (Å²) in [5.74, 6) is -0.194. The van der Waals surface area contributed by atoms with Gasteiger partial charge in [0.15, 0.2) is 0 Å². The third-order valence-corrected chi connectivity index (χ3v) is 6.84. The fraction of sp³-hybridized carbons (Fsp3) is 0.579. The number of rotatable bonds is 1. The molecule has 24 heavy (non-hydrogen) atoms. The first-order valence-electron chi connectivity index (χ1n) is 8.86. The average Bonchev–Trinajstić information content (AvgIpc) is 2.97. The number of primary amides is 1. The molecule has 2 spiro atoms. The Kier molecular flexibility index (Phi) is 3.29. The van der Waals surface area contributed by atoms with Crippen molar-refractivity contribution in [3.8, 4) is 0 Å². The van der Waals surface area contributed by atoms with Gasteiger partial charge in [-0.15, -0.1) is 0 Å². The smallest absolute Gasteiger partial charge is 0.239 e. The molecule has 2 heterocycles. The standard InChI is InChI=1S/C19H25N3O2/c1-21-14-9-5-4-8-13(14)19(17(21)24)12-15(16(20)23)22(2)18(19)10-6-3-7-11-18/h4-5,8-9,15H,3,6-7,10-12H2,1-2H3,(H2,20,23). The van der Waals surface area contributed by atoms with Crippen LogP contribution < -0.4 is 10.6 Å².